The van der Waals surface area contributed by atoms with Crippen LogP contribution >= 0.6 is 0 Å². The first kappa shape index (κ1) is 22.7. The Balaban J connectivity index is 1.41. The minimum atomic E-state index is -1.06. The second-order valence-electron chi connectivity index (χ2n) is 8.61. The molecule has 4 N–H and O–H groups in total. The first-order valence-corrected chi connectivity index (χ1v) is 11.1. The predicted octanol–water partition coefficient (Wildman–Crippen LogP) is 3.95. The second kappa shape index (κ2) is 8.95. The number of fused-ring (bicyclic) bond motifs is 1. The Bertz CT molecular complexity index is 1430. The minimum absolute atomic E-state index is 0.0478. The van der Waals surface area contributed by atoms with E-state index >= 15 is 0 Å². The van der Waals surface area contributed by atoms with Gasteiger partial charge in [-0.05, 0) is 55.7 Å². The van der Waals surface area contributed by atoms with Crippen LogP contribution in [0.3, 0.4) is 0 Å². The van der Waals surface area contributed by atoms with E-state index in [1.165, 1.54) is 31.6 Å². The molecule has 2 aromatic heterocycles. The van der Waals surface area contributed by atoms with Crippen LogP contribution in [0.1, 0.15) is 28.8 Å². The van der Waals surface area contributed by atoms with Gasteiger partial charge >= 0.3 is 0 Å². The highest BCUT2D eigenvalue weighted by molar-refractivity contribution is 5.96. The lowest BCUT2D eigenvalue weighted by Gasteiger charge is -2.33. The zero-order valence-corrected chi connectivity index (χ0v) is 19.2. The molecule has 0 radical (unpaired) electrons. The van der Waals surface area contributed by atoms with Gasteiger partial charge in [-0.3, -0.25) is 9.20 Å². The lowest BCUT2D eigenvalue weighted by molar-refractivity contribution is 0.0909. The lowest BCUT2D eigenvalue weighted by atomic mass is 9.87. The predicted molar refractivity (Wildman–Crippen MR) is 128 cm³/mol. The van der Waals surface area contributed by atoms with Crippen molar-refractivity contribution in [2.24, 2.45) is 5.73 Å². The van der Waals surface area contributed by atoms with Gasteiger partial charge in [0.05, 0.1) is 19.0 Å². The molecule has 0 spiro atoms. The van der Waals surface area contributed by atoms with E-state index in [0.29, 0.717) is 28.4 Å². The largest absolute Gasteiger partial charge is 0.494 e. The summed E-state index contributed by atoms with van der Waals surface area (Å²) >= 11 is 0. The lowest BCUT2D eigenvalue weighted by Crippen LogP contribution is -2.50. The maximum atomic E-state index is 14.7. The molecule has 2 aromatic carbocycles. The van der Waals surface area contributed by atoms with E-state index in [4.69, 9.17) is 10.5 Å². The molecule has 180 valence electrons. The third-order valence-corrected chi connectivity index (χ3v) is 6.21. The van der Waals surface area contributed by atoms with E-state index in [9.17, 15) is 13.6 Å². The second-order valence-corrected chi connectivity index (χ2v) is 8.61. The fourth-order valence-electron chi connectivity index (χ4n) is 4.27. The maximum Gasteiger partial charge on any atom is 0.251 e. The van der Waals surface area contributed by atoms with Crippen molar-refractivity contribution in [2.75, 3.05) is 12.4 Å². The van der Waals surface area contributed by atoms with Crippen molar-refractivity contribution in [3.63, 3.8) is 0 Å². The number of nitrogens with two attached hydrogens (primary N) is 1. The van der Waals surface area contributed by atoms with E-state index < -0.39 is 11.6 Å². The van der Waals surface area contributed by atoms with Gasteiger partial charge in [0.25, 0.3) is 5.91 Å². The highest BCUT2D eigenvalue weighted by Crippen LogP contribution is 2.31. The van der Waals surface area contributed by atoms with Crippen LogP contribution in [-0.4, -0.2) is 39.5 Å². The standard InChI is InChI=1S/C25H24F2N6O2/c1-13-9-15(3-4-17(13)25(34)32-16-10-14(28)11-16)31-23-24-30-12-19(33(24)8-7-29-23)18-5-6-20(35-2)22(27)21(18)26/h3-9,12,14,16H,10-11,28H2,1-2H3,(H,29,31)(H,32,34). The first-order chi connectivity index (χ1) is 16.9. The smallest absolute Gasteiger partial charge is 0.251 e. The molecule has 1 amide bonds. The summed E-state index contributed by atoms with van der Waals surface area (Å²) in [5, 5.41) is 6.20. The summed E-state index contributed by atoms with van der Waals surface area (Å²) in [6.45, 7) is 1.86. The number of methoxy groups -OCH3 is 1. The van der Waals surface area contributed by atoms with E-state index in [-0.39, 0.29) is 29.3 Å². The summed E-state index contributed by atoms with van der Waals surface area (Å²) in [4.78, 5) is 21.3. The molecular weight excluding hydrogens is 454 g/mol. The zero-order valence-electron chi connectivity index (χ0n) is 19.2. The van der Waals surface area contributed by atoms with Crippen LogP contribution in [0, 0.1) is 18.6 Å². The van der Waals surface area contributed by atoms with Gasteiger partial charge in [-0.25, -0.2) is 14.4 Å². The van der Waals surface area contributed by atoms with Crippen molar-refractivity contribution < 1.29 is 18.3 Å². The van der Waals surface area contributed by atoms with Crippen LogP contribution in [0.15, 0.2) is 48.9 Å². The number of carbonyl (C=O) groups is 1. The van der Waals surface area contributed by atoms with Crippen LogP contribution in [-0.2, 0) is 0 Å². The summed E-state index contributed by atoms with van der Waals surface area (Å²) in [6, 6.07) is 8.46. The van der Waals surface area contributed by atoms with Crippen molar-refractivity contribution >= 4 is 23.1 Å². The van der Waals surface area contributed by atoms with Crippen molar-refractivity contribution in [1.29, 1.82) is 0 Å². The van der Waals surface area contributed by atoms with Gasteiger partial charge in [-0.15, -0.1) is 0 Å². The third-order valence-electron chi connectivity index (χ3n) is 6.21. The van der Waals surface area contributed by atoms with E-state index in [0.717, 1.165) is 18.4 Å². The number of nitrogens with zero attached hydrogens (tertiary/aromatic N) is 3. The molecule has 0 saturated heterocycles. The number of amides is 1. The Kier molecular flexibility index (Phi) is 5.81. The maximum absolute atomic E-state index is 14.7. The number of rotatable bonds is 6. The van der Waals surface area contributed by atoms with Gasteiger partial charge in [0, 0.05) is 41.3 Å². The number of hydrogen-bond acceptors (Lipinski definition) is 6. The monoisotopic (exact) mass is 478 g/mol. The number of imidazole rings is 1. The van der Waals surface area contributed by atoms with E-state index in [1.807, 2.05) is 13.0 Å². The van der Waals surface area contributed by atoms with Gasteiger partial charge in [0.15, 0.2) is 23.0 Å². The van der Waals surface area contributed by atoms with Crippen LogP contribution in [0.5, 0.6) is 5.75 Å². The van der Waals surface area contributed by atoms with Crippen LogP contribution in [0.4, 0.5) is 20.3 Å². The molecule has 4 aromatic rings. The molecule has 0 aliphatic heterocycles. The topological polar surface area (TPSA) is 107 Å². The molecule has 1 aliphatic rings. The Labute approximate surface area is 200 Å². The van der Waals surface area contributed by atoms with Crippen molar-refractivity contribution in [3.05, 3.63) is 71.7 Å². The van der Waals surface area contributed by atoms with Gasteiger partial charge in [-0.1, -0.05) is 0 Å². The fraction of sp³-hybridized carbons (Fsp3) is 0.240. The molecule has 5 rings (SSSR count). The molecular formula is C25H24F2N6O2. The van der Waals surface area contributed by atoms with Crippen LogP contribution in [0.25, 0.3) is 16.9 Å². The average Bonchev–Trinajstić information content (AvgIpc) is 3.25. The van der Waals surface area contributed by atoms with Crippen LogP contribution < -0.4 is 21.1 Å². The van der Waals surface area contributed by atoms with Gasteiger partial charge in [0.2, 0.25) is 5.82 Å². The minimum Gasteiger partial charge on any atom is -0.494 e. The Morgan fingerprint density at radius 3 is 2.69 bits per heavy atom. The number of anilines is 2. The average molecular weight is 479 g/mol. The molecule has 0 bridgehead atoms. The summed E-state index contributed by atoms with van der Waals surface area (Å²) < 4.78 is 35.4. The number of aromatic nitrogens is 3. The number of carbonyl (C=O) groups excluding carboxylic acids is 1. The third kappa shape index (κ3) is 4.17. The summed E-state index contributed by atoms with van der Waals surface area (Å²) in [5.41, 5.74) is 8.72. The Morgan fingerprint density at radius 1 is 1.17 bits per heavy atom. The molecule has 0 unspecified atom stereocenters. The van der Waals surface area contributed by atoms with Gasteiger partial charge in [0.1, 0.15) is 0 Å². The number of hydrogen-bond donors (Lipinski definition) is 3. The van der Waals surface area contributed by atoms with E-state index in [1.54, 1.807) is 22.7 Å². The molecule has 2 heterocycles. The Morgan fingerprint density at radius 2 is 1.97 bits per heavy atom. The number of ether oxygens (including phenoxy) is 1. The van der Waals surface area contributed by atoms with Gasteiger partial charge < -0.3 is 21.1 Å². The number of benzene rings is 2. The molecule has 10 heteroatoms. The summed E-state index contributed by atoms with van der Waals surface area (Å²) in [6.07, 6.45) is 6.20. The molecule has 1 aliphatic carbocycles. The zero-order chi connectivity index (χ0) is 24.7. The van der Waals surface area contributed by atoms with Crippen molar-refractivity contribution in [1.82, 2.24) is 19.7 Å². The highest BCUT2D eigenvalue weighted by atomic mass is 19.2. The quantitative estimate of drug-likeness (QED) is 0.387. The Hall–Kier alpha value is -4.05. The SMILES string of the molecule is COc1ccc(-c2cnc3c(Nc4ccc(C(=O)NC5CC(N)C5)c(C)c4)nccn23)c(F)c1F. The molecule has 0 atom stereocenters. The fourth-order valence-corrected chi connectivity index (χ4v) is 4.27. The van der Waals surface area contributed by atoms with Crippen molar-refractivity contribution in [2.45, 2.75) is 31.8 Å². The number of aryl methyl sites for hydroxylation is 1. The van der Waals surface area contributed by atoms with Gasteiger partial charge in [-0.2, -0.15) is 4.39 Å². The van der Waals surface area contributed by atoms with E-state index in [2.05, 4.69) is 20.6 Å². The number of nitrogens with one attached hydrogen (secondary N) is 2. The molecule has 35 heavy (non-hydrogen) atoms. The summed E-state index contributed by atoms with van der Waals surface area (Å²) in [5.74, 6) is -1.96. The van der Waals surface area contributed by atoms with Crippen LogP contribution in [0.2, 0.25) is 0 Å². The highest BCUT2D eigenvalue weighted by Gasteiger charge is 2.27. The summed E-state index contributed by atoms with van der Waals surface area (Å²) in [7, 11) is 1.28. The number of halogens is 2. The molecule has 1 saturated carbocycles. The van der Waals surface area contributed by atoms with Crippen molar-refractivity contribution in [3.8, 4) is 17.0 Å². The first-order valence-electron chi connectivity index (χ1n) is 11.1. The molecule has 1 fully saturated rings. The molecule has 8 nitrogen and oxygen atoms in total. The normalized spacial score (nSPS) is 17.2.